The van der Waals surface area contributed by atoms with Gasteiger partial charge in [0, 0.05) is 18.7 Å². The van der Waals surface area contributed by atoms with Crippen LogP contribution in [0, 0.1) is 5.82 Å². The minimum atomic E-state index is -3.57. The lowest BCUT2D eigenvalue weighted by atomic mass is 10.1. The van der Waals surface area contributed by atoms with E-state index >= 15 is 0 Å². The number of nitrogens with zero attached hydrogens (tertiary/aromatic N) is 1. The van der Waals surface area contributed by atoms with Crippen LogP contribution in [0.5, 0.6) is 5.75 Å². The fourth-order valence-electron chi connectivity index (χ4n) is 2.81. The molecule has 28 heavy (non-hydrogen) atoms. The molecule has 2 aromatic carbocycles. The molecule has 0 aliphatic carbocycles. The quantitative estimate of drug-likeness (QED) is 0.727. The maximum atomic E-state index is 13.9. The molecule has 2 rings (SSSR count). The molecule has 1 unspecified atom stereocenters. The maximum Gasteiger partial charge on any atom is 0.251 e. The van der Waals surface area contributed by atoms with Gasteiger partial charge in [-0.3, -0.25) is 4.79 Å². The predicted molar refractivity (Wildman–Crippen MR) is 105 cm³/mol. The van der Waals surface area contributed by atoms with Crippen molar-refractivity contribution in [3.05, 3.63) is 59.4 Å². The van der Waals surface area contributed by atoms with Gasteiger partial charge in [0.25, 0.3) is 5.91 Å². The molecule has 0 saturated heterocycles. The minimum Gasteiger partial charge on any atom is -0.494 e. The summed E-state index contributed by atoms with van der Waals surface area (Å²) in [6.07, 6.45) is 0. The summed E-state index contributed by atoms with van der Waals surface area (Å²) >= 11 is 0. The topological polar surface area (TPSA) is 75.7 Å². The van der Waals surface area contributed by atoms with Crippen molar-refractivity contribution >= 4 is 15.9 Å². The number of nitrogens with one attached hydrogen (secondary N) is 1. The summed E-state index contributed by atoms with van der Waals surface area (Å²) < 4.78 is 45.1. The summed E-state index contributed by atoms with van der Waals surface area (Å²) in [5.41, 5.74) is 0.909. The van der Waals surface area contributed by atoms with E-state index in [2.05, 4.69) is 5.32 Å². The van der Waals surface area contributed by atoms with Crippen LogP contribution in [0.4, 0.5) is 4.39 Å². The molecular weight excluding hydrogens is 383 g/mol. The Kier molecular flexibility index (Phi) is 7.15. The van der Waals surface area contributed by atoms with Gasteiger partial charge in [0.05, 0.1) is 18.0 Å². The molecule has 0 aromatic heterocycles. The van der Waals surface area contributed by atoms with Crippen LogP contribution in [-0.2, 0) is 10.0 Å². The Labute approximate surface area is 165 Å². The van der Waals surface area contributed by atoms with E-state index in [0.717, 1.165) is 0 Å². The lowest BCUT2D eigenvalue weighted by molar-refractivity contribution is 0.0939. The lowest BCUT2D eigenvalue weighted by Crippen LogP contribution is -2.30. The van der Waals surface area contributed by atoms with Gasteiger partial charge in [0.2, 0.25) is 10.0 Å². The summed E-state index contributed by atoms with van der Waals surface area (Å²) in [6.45, 7) is 6.02. The molecule has 0 aliphatic heterocycles. The molecule has 0 bridgehead atoms. The Bertz CT molecular complexity index is 926. The van der Waals surface area contributed by atoms with Gasteiger partial charge >= 0.3 is 0 Å². The van der Waals surface area contributed by atoms with Gasteiger partial charge in [-0.15, -0.1) is 0 Å². The zero-order valence-corrected chi connectivity index (χ0v) is 17.2. The van der Waals surface area contributed by atoms with E-state index in [-0.39, 0.29) is 16.6 Å². The van der Waals surface area contributed by atoms with Crippen LogP contribution in [-0.4, -0.2) is 38.8 Å². The average molecular weight is 408 g/mol. The fourth-order valence-corrected chi connectivity index (χ4v) is 4.26. The van der Waals surface area contributed by atoms with Crippen molar-refractivity contribution in [2.45, 2.75) is 31.7 Å². The highest BCUT2D eigenvalue weighted by Gasteiger charge is 2.22. The smallest absolute Gasteiger partial charge is 0.251 e. The third-order valence-corrected chi connectivity index (χ3v) is 6.55. The molecule has 0 saturated carbocycles. The Morgan fingerprint density at radius 1 is 1.14 bits per heavy atom. The first-order valence-corrected chi connectivity index (χ1v) is 10.4. The Morgan fingerprint density at radius 3 is 2.25 bits per heavy atom. The van der Waals surface area contributed by atoms with E-state index in [9.17, 15) is 17.6 Å². The van der Waals surface area contributed by atoms with Crippen LogP contribution in [0.1, 0.15) is 42.7 Å². The van der Waals surface area contributed by atoms with E-state index < -0.39 is 21.9 Å². The van der Waals surface area contributed by atoms with Gasteiger partial charge in [-0.25, -0.2) is 12.8 Å². The summed E-state index contributed by atoms with van der Waals surface area (Å²) in [4.78, 5) is 12.6. The molecule has 2 aromatic rings. The van der Waals surface area contributed by atoms with Crippen molar-refractivity contribution in [3.8, 4) is 5.75 Å². The maximum absolute atomic E-state index is 13.9. The SMILES string of the molecule is CCN(CC)S(=O)(=O)c1ccc(C(=O)NC(C)c2ccc(OC)c(F)c2)cc1. The molecule has 0 radical (unpaired) electrons. The summed E-state index contributed by atoms with van der Waals surface area (Å²) in [5, 5.41) is 2.77. The molecule has 8 heteroatoms. The number of sulfonamides is 1. The molecule has 0 aliphatic rings. The van der Waals surface area contributed by atoms with Gasteiger partial charge in [-0.1, -0.05) is 19.9 Å². The number of benzene rings is 2. The minimum absolute atomic E-state index is 0.132. The third kappa shape index (κ3) is 4.69. The van der Waals surface area contributed by atoms with Crippen LogP contribution < -0.4 is 10.1 Å². The normalized spacial score (nSPS) is 12.6. The highest BCUT2D eigenvalue weighted by atomic mass is 32.2. The second-order valence-corrected chi connectivity index (χ2v) is 8.14. The van der Waals surface area contributed by atoms with Crippen molar-refractivity contribution in [2.24, 2.45) is 0 Å². The number of halogens is 1. The number of hydrogen-bond donors (Lipinski definition) is 1. The van der Waals surface area contributed by atoms with Crippen LogP contribution in [0.15, 0.2) is 47.4 Å². The second kappa shape index (κ2) is 9.16. The van der Waals surface area contributed by atoms with Crippen molar-refractivity contribution in [1.29, 1.82) is 0 Å². The van der Waals surface area contributed by atoms with E-state index in [1.54, 1.807) is 26.8 Å². The van der Waals surface area contributed by atoms with Crippen LogP contribution in [0.2, 0.25) is 0 Å². The van der Waals surface area contributed by atoms with Crippen LogP contribution >= 0.6 is 0 Å². The Morgan fingerprint density at radius 2 is 1.75 bits per heavy atom. The van der Waals surface area contributed by atoms with Gasteiger partial charge < -0.3 is 10.1 Å². The first-order chi connectivity index (χ1) is 13.2. The Hall–Kier alpha value is -2.45. The number of rotatable bonds is 8. The number of amides is 1. The summed E-state index contributed by atoms with van der Waals surface area (Å²) in [6, 6.07) is 9.81. The zero-order chi connectivity index (χ0) is 20.9. The molecule has 0 spiro atoms. The van der Waals surface area contributed by atoms with Crippen molar-refractivity contribution in [3.63, 3.8) is 0 Å². The van der Waals surface area contributed by atoms with E-state index in [1.807, 2.05) is 0 Å². The largest absolute Gasteiger partial charge is 0.494 e. The number of methoxy groups -OCH3 is 1. The van der Waals surface area contributed by atoms with Gasteiger partial charge in [0.15, 0.2) is 11.6 Å². The molecule has 1 amide bonds. The second-order valence-electron chi connectivity index (χ2n) is 6.20. The van der Waals surface area contributed by atoms with Crippen molar-refractivity contribution in [2.75, 3.05) is 20.2 Å². The highest BCUT2D eigenvalue weighted by Crippen LogP contribution is 2.22. The van der Waals surface area contributed by atoms with Crippen molar-refractivity contribution < 1.29 is 22.3 Å². The van der Waals surface area contributed by atoms with Gasteiger partial charge in [0.1, 0.15) is 0 Å². The van der Waals surface area contributed by atoms with E-state index in [1.165, 1.54) is 47.8 Å². The highest BCUT2D eigenvalue weighted by molar-refractivity contribution is 7.89. The average Bonchev–Trinajstić information content (AvgIpc) is 2.68. The monoisotopic (exact) mass is 408 g/mol. The predicted octanol–water partition coefficient (Wildman–Crippen LogP) is 3.36. The molecule has 0 fully saturated rings. The molecule has 1 atom stereocenters. The number of carbonyl (C=O) groups is 1. The standard InChI is InChI=1S/C20H25FN2O4S/c1-5-23(6-2)28(25,26)17-10-7-15(8-11-17)20(24)22-14(3)16-9-12-19(27-4)18(21)13-16/h7-14H,5-6H2,1-4H3,(H,22,24). The molecule has 152 valence electrons. The van der Waals surface area contributed by atoms with E-state index in [0.29, 0.717) is 24.2 Å². The molecule has 0 heterocycles. The zero-order valence-electron chi connectivity index (χ0n) is 16.4. The molecule has 1 N–H and O–H groups in total. The summed E-state index contributed by atoms with van der Waals surface area (Å²) in [5.74, 6) is -0.755. The molecule has 6 nitrogen and oxygen atoms in total. The van der Waals surface area contributed by atoms with E-state index in [4.69, 9.17) is 4.74 Å². The number of carbonyl (C=O) groups excluding carboxylic acids is 1. The van der Waals surface area contributed by atoms with Crippen LogP contribution in [0.25, 0.3) is 0 Å². The Balaban J connectivity index is 2.14. The summed E-state index contributed by atoms with van der Waals surface area (Å²) in [7, 11) is -2.19. The molecular formula is C20H25FN2O4S. The fraction of sp³-hybridized carbons (Fsp3) is 0.350. The first-order valence-electron chi connectivity index (χ1n) is 8.99. The number of hydrogen-bond acceptors (Lipinski definition) is 4. The van der Waals surface area contributed by atoms with Crippen molar-refractivity contribution in [1.82, 2.24) is 9.62 Å². The third-order valence-electron chi connectivity index (χ3n) is 4.48. The van der Waals surface area contributed by atoms with Gasteiger partial charge in [-0.05, 0) is 48.9 Å². The lowest BCUT2D eigenvalue weighted by Gasteiger charge is -2.19. The van der Waals surface area contributed by atoms with Gasteiger partial charge in [-0.2, -0.15) is 4.31 Å². The number of ether oxygens (including phenoxy) is 1. The first kappa shape index (κ1) is 21.8. The van der Waals surface area contributed by atoms with Crippen LogP contribution in [0.3, 0.4) is 0 Å².